The zero-order chi connectivity index (χ0) is 24.8. The second kappa shape index (κ2) is 14.4. The molecule has 0 bridgehead atoms. The number of carbonyl (C=O) groups is 2. The van der Waals surface area contributed by atoms with Crippen molar-refractivity contribution in [2.75, 3.05) is 20.8 Å². The molecule has 0 heterocycles. The molecule has 1 N–H and O–H groups in total. The molecule has 0 saturated heterocycles. The molecule has 180 valence electrons. The number of aryl methyl sites for hydroxylation is 1. The number of esters is 1. The first-order valence-corrected chi connectivity index (χ1v) is 11.1. The van der Waals surface area contributed by atoms with Crippen molar-refractivity contribution < 1.29 is 23.8 Å². The van der Waals surface area contributed by atoms with Crippen molar-refractivity contribution in [3.63, 3.8) is 0 Å². The maximum Gasteiger partial charge on any atom is 0.310 e. The summed E-state index contributed by atoms with van der Waals surface area (Å²) in [5.41, 5.74) is 4.30. The molecule has 3 rings (SSSR count). The Morgan fingerprint density at radius 1 is 0.853 bits per heavy atom. The average Bonchev–Trinajstić information content (AvgIpc) is 2.86. The highest BCUT2D eigenvalue weighted by Crippen LogP contribution is 2.19. The highest BCUT2D eigenvalue weighted by atomic mass is 16.5. The fourth-order valence-electron chi connectivity index (χ4n) is 3.12. The van der Waals surface area contributed by atoms with E-state index in [1.807, 2.05) is 86.6 Å². The van der Waals surface area contributed by atoms with Crippen LogP contribution in [-0.4, -0.2) is 33.1 Å². The minimum Gasteiger partial charge on any atom is -0.497 e. The van der Waals surface area contributed by atoms with Gasteiger partial charge in [0.15, 0.2) is 0 Å². The SMILES string of the molecule is COc1ccc(CC(=O)OC(C)c2ccc(C)cc2)cc1.COc1ccc(CCNC=O)cc1. The fraction of sp³-hybridized carbons (Fsp3) is 0.286. The van der Waals surface area contributed by atoms with Crippen LogP contribution >= 0.6 is 0 Å². The van der Waals surface area contributed by atoms with E-state index in [9.17, 15) is 9.59 Å². The van der Waals surface area contributed by atoms with E-state index in [4.69, 9.17) is 14.2 Å². The van der Waals surface area contributed by atoms with E-state index < -0.39 is 0 Å². The van der Waals surface area contributed by atoms with Crippen LogP contribution in [0.15, 0.2) is 72.8 Å². The molecule has 0 spiro atoms. The zero-order valence-electron chi connectivity index (χ0n) is 20.2. The number of amides is 1. The molecule has 0 aliphatic heterocycles. The van der Waals surface area contributed by atoms with Crippen molar-refractivity contribution in [1.29, 1.82) is 0 Å². The van der Waals surface area contributed by atoms with Crippen LogP contribution in [0.25, 0.3) is 0 Å². The van der Waals surface area contributed by atoms with Gasteiger partial charge in [0.1, 0.15) is 17.6 Å². The van der Waals surface area contributed by atoms with E-state index in [0.717, 1.165) is 29.0 Å². The molecule has 0 saturated carbocycles. The lowest BCUT2D eigenvalue weighted by Crippen LogP contribution is -2.14. The van der Waals surface area contributed by atoms with Crippen molar-refractivity contribution in [1.82, 2.24) is 5.32 Å². The van der Waals surface area contributed by atoms with E-state index in [2.05, 4.69) is 5.32 Å². The molecule has 6 nitrogen and oxygen atoms in total. The van der Waals surface area contributed by atoms with Crippen LogP contribution in [0.5, 0.6) is 11.5 Å². The second-order valence-electron chi connectivity index (χ2n) is 7.74. The van der Waals surface area contributed by atoms with Crippen LogP contribution in [0, 0.1) is 6.92 Å². The topological polar surface area (TPSA) is 73.9 Å². The lowest BCUT2D eigenvalue weighted by Gasteiger charge is -2.14. The molecule has 0 aromatic heterocycles. The predicted molar refractivity (Wildman–Crippen MR) is 133 cm³/mol. The number of nitrogens with one attached hydrogen (secondary N) is 1. The third-order valence-electron chi connectivity index (χ3n) is 5.16. The summed E-state index contributed by atoms with van der Waals surface area (Å²) in [6.07, 6.45) is 1.59. The molecule has 1 atom stereocenters. The number of methoxy groups -OCH3 is 2. The molecular weight excluding hydrogens is 430 g/mol. The summed E-state index contributed by atoms with van der Waals surface area (Å²) in [4.78, 5) is 21.9. The minimum absolute atomic E-state index is 0.228. The van der Waals surface area contributed by atoms with E-state index in [-0.39, 0.29) is 18.5 Å². The monoisotopic (exact) mass is 463 g/mol. The van der Waals surface area contributed by atoms with Gasteiger partial charge in [-0.2, -0.15) is 0 Å². The third-order valence-corrected chi connectivity index (χ3v) is 5.16. The quantitative estimate of drug-likeness (QED) is 0.265. The van der Waals surface area contributed by atoms with Gasteiger partial charge in [0.2, 0.25) is 6.41 Å². The van der Waals surface area contributed by atoms with Crippen LogP contribution < -0.4 is 14.8 Å². The molecule has 34 heavy (non-hydrogen) atoms. The van der Waals surface area contributed by atoms with Crippen molar-refractivity contribution >= 4 is 12.4 Å². The van der Waals surface area contributed by atoms with Gasteiger partial charge in [0, 0.05) is 6.54 Å². The molecule has 0 aliphatic rings. The molecule has 6 heteroatoms. The highest BCUT2D eigenvalue weighted by molar-refractivity contribution is 5.72. The van der Waals surface area contributed by atoms with Crippen molar-refractivity contribution in [2.45, 2.75) is 32.8 Å². The first-order valence-electron chi connectivity index (χ1n) is 11.1. The number of ether oxygens (including phenoxy) is 3. The second-order valence-corrected chi connectivity index (χ2v) is 7.74. The summed E-state index contributed by atoms with van der Waals surface area (Å²) >= 11 is 0. The van der Waals surface area contributed by atoms with Gasteiger partial charge in [-0.1, -0.05) is 54.1 Å². The largest absolute Gasteiger partial charge is 0.497 e. The molecule has 1 unspecified atom stereocenters. The Bertz CT molecular complexity index is 998. The molecular formula is C28H33NO5. The van der Waals surface area contributed by atoms with E-state index >= 15 is 0 Å². The average molecular weight is 464 g/mol. The summed E-state index contributed by atoms with van der Waals surface area (Å²) in [7, 11) is 3.26. The van der Waals surface area contributed by atoms with Crippen LogP contribution in [0.4, 0.5) is 0 Å². The molecule has 3 aromatic carbocycles. The molecule has 1 amide bonds. The normalized spacial score (nSPS) is 10.8. The van der Waals surface area contributed by atoms with Gasteiger partial charge < -0.3 is 19.5 Å². The van der Waals surface area contributed by atoms with E-state index in [0.29, 0.717) is 13.0 Å². The Hall–Kier alpha value is -3.80. The number of hydrogen-bond donors (Lipinski definition) is 1. The Morgan fingerprint density at radius 3 is 1.88 bits per heavy atom. The van der Waals surface area contributed by atoms with Crippen LogP contribution in [-0.2, 0) is 27.2 Å². The summed E-state index contributed by atoms with van der Waals surface area (Å²) in [5.74, 6) is 1.40. The van der Waals surface area contributed by atoms with Gasteiger partial charge >= 0.3 is 5.97 Å². The lowest BCUT2D eigenvalue weighted by atomic mass is 10.1. The van der Waals surface area contributed by atoms with Gasteiger partial charge in [-0.3, -0.25) is 9.59 Å². The Labute approximate surface area is 201 Å². The van der Waals surface area contributed by atoms with Gasteiger partial charge in [-0.05, 0) is 61.2 Å². The van der Waals surface area contributed by atoms with Crippen LogP contribution in [0.2, 0.25) is 0 Å². The number of rotatable bonds is 10. The van der Waals surface area contributed by atoms with Gasteiger partial charge in [0.25, 0.3) is 0 Å². The third kappa shape index (κ3) is 9.36. The van der Waals surface area contributed by atoms with E-state index in [1.54, 1.807) is 14.2 Å². The summed E-state index contributed by atoms with van der Waals surface area (Å²) in [6.45, 7) is 4.59. The molecule has 0 fully saturated rings. The number of hydrogen-bond acceptors (Lipinski definition) is 5. The maximum atomic E-state index is 12.0. The summed E-state index contributed by atoms with van der Waals surface area (Å²) in [5, 5.41) is 2.61. The molecule has 3 aromatic rings. The van der Waals surface area contributed by atoms with Gasteiger partial charge in [-0.25, -0.2) is 0 Å². The molecule has 0 radical (unpaired) electrons. The maximum absolute atomic E-state index is 12.0. The van der Waals surface area contributed by atoms with Gasteiger partial charge in [0.05, 0.1) is 20.6 Å². The van der Waals surface area contributed by atoms with Crippen LogP contribution in [0.1, 0.15) is 35.3 Å². The first kappa shape index (κ1) is 26.5. The fourth-order valence-corrected chi connectivity index (χ4v) is 3.12. The summed E-state index contributed by atoms with van der Waals surface area (Å²) < 4.78 is 15.6. The van der Waals surface area contributed by atoms with Crippen LogP contribution in [0.3, 0.4) is 0 Å². The Kier molecular flexibility index (Phi) is 11.2. The standard InChI is InChI=1S/C18H20O3.C10H13NO2/c1-13-4-8-16(9-5-13)14(2)21-18(19)12-15-6-10-17(20-3)11-7-15;1-13-10-4-2-9(3-5-10)6-7-11-8-12/h4-11,14H,12H2,1-3H3;2-5,8H,6-7H2,1H3,(H,11,12). The number of benzene rings is 3. The predicted octanol–water partition coefficient (Wildman–Crippen LogP) is 4.83. The Balaban J connectivity index is 0.000000270. The first-order chi connectivity index (χ1) is 16.4. The highest BCUT2D eigenvalue weighted by Gasteiger charge is 2.12. The van der Waals surface area contributed by atoms with Crippen molar-refractivity contribution in [2.24, 2.45) is 0 Å². The zero-order valence-corrected chi connectivity index (χ0v) is 20.2. The molecule has 0 aliphatic carbocycles. The van der Waals surface area contributed by atoms with E-state index in [1.165, 1.54) is 11.1 Å². The Morgan fingerprint density at radius 2 is 1.38 bits per heavy atom. The van der Waals surface area contributed by atoms with Crippen molar-refractivity contribution in [3.05, 3.63) is 95.1 Å². The van der Waals surface area contributed by atoms with Crippen molar-refractivity contribution in [3.8, 4) is 11.5 Å². The minimum atomic E-state index is -0.239. The smallest absolute Gasteiger partial charge is 0.310 e. The van der Waals surface area contributed by atoms with Gasteiger partial charge in [-0.15, -0.1) is 0 Å². The number of carbonyl (C=O) groups excluding carboxylic acids is 2. The lowest BCUT2D eigenvalue weighted by molar-refractivity contribution is -0.147. The summed E-state index contributed by atoms with van der Waals surface area (Å²) in [6, 6.07) is 23.2.